The van der Waals surface area contributed by atoms with Crippen molar-refractivity contribution in [2.24, 2.45) is 0 Å². The molecule has 4 rings (SSSR count). The van der Waals surface area contributed by atoms with Gasteiger partial charge in [0.1, 0.15) is 12.3 Å². The first-order chi connectivity index (χ1) is 14.5. The van der Waals surface area contributed by atoms with E-state index in [4.69, 9.17) is 4.74 Å². The second-order valence-corrected chi connectivity index (χ2v) is 7.25. The van der Waals surface area contributed by atoms with Crippen molar-refractivity contribution in [2.75, 3.05) is 11.9 Å². The summed E-state index contributed by atoms with van der Waals surface area (Å²) in [4.78, 5) is 51.4. The summed E-state index contributed by atoms with van der Waals surface area (Å²) < 4.78 is 5.80. The van der Waals surface area contributed by atoms with Gasteiger partial charge in [-0.05, 0) is 37.1 Å². The molecular weight excluding hydrogens is 386 g/mol. The SMILES string of the molecule is O=C(CN1C(=O)C(=O)N(C2CCCC2)C1=O)Nc1ccccc1Oc1ccccc1. The van der Waals surface area contributed by atoms with Crippen LogP contribution >= 0.6 is 0 Å². The van der Waals surface area contributed by atoms with Crippen molar-refractivity contribution in [3.05, 3.63) is 54.6 Å². The highest BCUT2D eigenvalue weighted by molar-refractivity contribution is 6.45. The Morgan fingerprint density at radius 2 is 1.60 bits per heavy atom. The number of amides is 5. The average molecular weight is 407 g/mol. The van der Waals surface area contributed by atoms with E-state index in [-0.39, 0.29) is 6.04 Å². The van der Waals surface area contributed by atoms with Crippen molar-refractivity contribution in [3.63, 3.8) is 0 Å². The number of anilines is 1. The molecule has 8 heteroatoms. The van der Waals surface area contributed by atoms with Gasteiger partial charge >= 0.3 is 17.8 Å². The smallest absolute Gasteiger partial charge is 0.334 e. The number of hydrogen-bond acceptors (Lipinski definition) is 5. The van der Waals surface area contributed by atoms with Crippen molar-refractivity contribution in [2.45, 2.75) is 31.7 Å². The number of benzene rings is 2. The predicted molar refractivity (Wildman–Crippen MR) is 108 cm³/mol. The van der Waals surface area contributed by atoms with Gasteiger partial charge in [-0.1, -0.05) is 43.2 Å². The third-order valence-electron chi connectivity index (χ3n) is 5.21. The van der Waals surface area contributed by atoms with Crippen LogP contribution in [0, 0.1) is 0 Å². The maximum absolute atomic E-state index is 12.6. The van der Waals surface area contributed by atoms with Crippen LogP contribution < -0.4 is 10.1 Å². The minimum absolute atomic E-state index is 0.262. The molecule has 5 amide bonds. The maximum Gasteiger partial charge on any atom is 0.334 e. The molecule has 0 radical (unpaired) electrons. The fourth-order valence-electron chi connectivity index (χ4n) is 3.75. The van der Waals surface area contributed by atoms with Crippen molar-refractivity contribution >= 4 is 29.4 Å². The van der Waals surface area contributed by atoms with E-state index in [9.17, 15) is 19.2 Å². The summed E-state index contributed by atoms with van der Waals surface area (Å²) in [5.41, 5.74) is 0.393. The number of urea groups is 1. The maximum atomic E-state index is 12.6. The number of rotatable bonds is 6. The molecule has 1 heterocycles. The van der Waals surface area contributed by atoms with Gasteiger partial charge in [-0.2, -0.15) is 0 Å². The van der Waals surface area contributed by atoms with E-state index in [1.54, 1.807) is 36.4 Å². The summed E-state index contributed by atoms with van der Waals surface area (Å²) in [6.07, 6.45) is 3.20. The highest BCUT2D eigenvalue weighted by Gasteiger charge is 2.48. The molecule has 1 saturated carbocycles. The molecule has 0 unspecified atom stereocenters. The zero-order valence-corrected chi connectivity index (χ0v) is 16.2. The first-order valence-electron chi connectivity index (χ1n) is 9.85. The van der Waals surface area contributed by atoms with E-state index < -0.39 is 30.3 Å². The molecule has 2 aliphatic rings. The molecule has 1 aliphatic carbocycles. The van der Waals surface area contributed by atoms with Crippen LogP contribution in [0.5, 0.6) is 11.5 Å². The highest BCUT2D eigenvalue weighted by atomic mass is 16.5. The van der Waals surface area contributed by atoms with Gasteiger partial charge in [0, 0.05) is 6.04 Å². The van der Waals surface area contributed by atoms with Crippen LogP contribution in [0.2, 0.25) is 0 Å². The van der Waals surface area contributed by atoms with Crippen LogP contribution in [0.15, 0.2) is 54.6 Å². The van der Waals surface area contributed by atoms with Crippen LogP contribution in [0.25, 0.3) is 0 Å². The molecule has 1 saturated heterocycles. The van der Waals surface area contributed by atoms with Gasteiger partial charge in [0.15, 0.2) is 5.75 Å². The van der Waals surface area contributed by atoms with E-state index in [0.717, 1.165) is 17.7 Å². The molecule has 154 valence electrons. The van der Waals surface area contributed by atoms with Gasteiger partial charge in [0.05, 0.1) is 5.69 Å². The molecule has 1 aliphatic heterocycles. The minimum atomic E-state index is -0.962. The third kappa shape index (κ3) is 3.89. The van der Waals surface area contributed by atoms with Crippen LogP contribution in [0.4, 0.5) is 10.5 Å². The molecule has 0 atom stereocenters. The van der Waals surface area contributed by atoms with Gasteiger partial charge in [0.2, 0.25) is 5.91 Å². The molecule has 0 aromatic heterocycles. The number of nitrogens with one attached hydrogen (secondary N) is 1. The molecule has 0 spiro atoms. The van der Waals surface area contributed by atoms with Crippen molar-refractivity contribution < 1.29 is 23.9 Å². The van der Waals surface area contributed by atoms with Gasteiger partial charge in [0.25, 0.3) is 0 Å². The molecule has 2 aromatic rings. The van der Waals surface area contributed by atoms with Crippen LogP contribution in [-0.4, -0.2) is 46.1 Å². The number of carbonyl (C=O) groups is 4. The molecular formula is C22H21N3O5. The monoisotopic (exact) mass is 407 g/mol. The van der Waals surface area contributed by atoms with E-state index >= 15 is 0 Å². The van der Waals surface area contributed by atoms with E-state index in [0.29, 0.717) is 34.9 Å². The van der Waals surface area contributed by atoms with Crippen molar-refractivity contribution in [1.29, 1.82) is 0 Å². The Bertz CT molecular complexity index is 985. The fourth-order valence-corrected chi connectivity index (χ4v) is 3.75. The lowest BCUT2D eigenvalue weighted by Crippen LogP contribution is -2.41. The summed E-state index contributed by atoms with van der Waals surface area (Å²) in [7, 11) is 0. The second kappa shape index (κ2) is 8.36. The Labute approximate surface area is 173 Å². The summed E-state index contributed by atoms with van der Waals surface area (Å²) >= 11 is 0. The number of nitrogens with zero attached hydrogens (tertiary/aromatic N) is 2. The van der Waals surface area contributed by atoms with Crippen LogP contribution in [-0.2, 0) is 14.4 Å². The number of ether oxygens (including phenoxy) is 1. The Morgan fingerprint density at radius 1 is 0.933 bits per heavy atom. The summed E-state index contributed by atoms with van der Waals surface area (Å²) in [6.45, 7) is -0.535. The highest BCUT2D eigenvalue weighted by Crippen LogP contribution is 2.30. The summed E-state index contributed by atoms with van der Waals surface area (Å²) in [5, 5.41) is 2.66. The topological polar surface area (TPSA) is 96.0 Å². The Morgan fingerprint density at radius 3 is 2.33 bits per heavy atom. The summed E-state index contributed by atoms with van der Waals surface area (Å²) in [5.74, 6) is -1.40. The molecule has 0 bridgehead atoms. The second-order valence-electron chi connectivity index (χ2n) is 7.25. The zero-order chi connectivity index (χ0) is 21.1. The predicted octanol–water partition coefficient (Wildman–Crippen LogP) is 3.15. The van der Waals surface area contributed by atoms with E-state index in [1.165, 1.54) is 0 Å². The van der Waals surface area contributed by atoms with Crippen LogP contribution in [0.3, 0.4) is 0 Å². The van der Waals surface area contributed by atoms with Gasteiger partial charge < -0.3 is 10.1 Å². The summed E-state index contributed by atoms with van der Waals surface area (Å²) in [6, 6.07) is 14.9. The zero-order valence-electron chi connectivity index (χ0n) is 16.2. The molecule has 1 N–H and O–H groups in total. The molecule has 2 fully saturated rings. The number of hydrogen-bond donors (Lipinski definition) is 1. The number of para-hydroxylation sites is 3. The Kier molecular flexibility index (Phi) is 5.47. The number of carbonyl (C=O) groups excluding carboxylic acids is 4. The van der Waals surface area contributed by atoms with Gasteiger partial charge in [-0.3, -0.25) is 19.3 Å². The fraction of sp³-hybridized carbons (Fsp3) is 0.273. The van der Waals surface area contributed by atoms with Gasteiger partial charge in [-0.15, -0.1) is 0 Å². The van der Waals surface area contributed by atoms with Crippen LogP contribution in [0.1, 0.15) is 25.7 Å². The largest absolute Gasteiger partial charge is 0.455 e. The standard InChI is InChI=1S/C22H21N3O5/c26-19(14-24-20(27)21(28)25(22(24)29)15-8-4-5-9-15)23-17-12-6-7-13-18(17)30-16-10-2-1-3-11-16/h1-3,6-7,10-13,15H,4-5,8-9,14H2,(H,23,26). The van der Waals surface area contributed by atoms with Crippen molar-refractivity contribution in [1.82, 2.24) is 9.80 Å². The normalized spacial score (nSPS) is 17.0. The first kappa shape index (κ1) is 19.6. The lowest BCUT2D eigenvalue weighted by atomic mass is 10.2. The number of imide groups is 2. The molecule has 2 aromatic carbocycles. The lowest BCUT2D eigenvalue weighted by molar-refractivity contribution is -0.144. The minimum Gasteiger partial charge on any atom is -0.455 e. The molecule has 30 heavy (non-hydrogen) atoms. The van der Waals surface area contributed by atoms with Crippen molar-refractivity contribution in [3.8, 4) is 11.5 Å². The lowest BCUT2D eigenvalue weighted by Gasteiger charge is -2.21. The Hall–Kier alpha value is -3.68. The first-order valence-corrected chi connectivity index (χ1v) is 9.85. The van der Waals surface area contributed by atoms with Gasteiger partial charge in [-0.25, -0.2) is 9.69 Å². The Balaban J connectivity index is 1.44. The van der Waals surface area contributed by atoms with E-state index in [2.05, 4.69) is 5.32 Å². The van der Waals surface area contributed by atoms with E-state index in [1.807, 2.05) is 18.2 Å². The molecule has 8 nitrogen and oxygen atoms in total. The quantitative estimate of drug-likeness (QED) is 0.586. The average Bonchev–Trinajstić information content (AvgIpc) is 3.34. The third-order valence-corrected chi connectivity index (χ3v) is 5.21.